The van der Waals surface area contributed by atoms with Gasteiger partial charge in [-0.3, -0.25) is 4.79 Å². The van der Waals surface area contributed by atoms with E-state index in [9.17, 15) is 4.79 Å². The van der Waals surface area contributed by atoms with Gasteiger partial charge in [0, 0.05) is 18.3 Å². The van der Waals surface area contributed by atoms with Crippen LogP contribution in [0.1, 0.15) is 36.0 Å². The van der Waals surface area contributed by atoms with Gasteiger partial charge < -0.3 is 11.1 Å². The Morgan fingerprint density at radius 1 is 1.47 bits per heavy atom. The molecule has 5 heteroatoms. The first kappa shape index (κ1) is 12.3. The average molecular weight is 254 g/mol. The summed E-state index contributed by atoms with van der Waals surface area (Å²) < 4.78 is 0. The van der Waals surface area contributed by atoms with Crippen LogP contribution in [0.5, 0.6) is 0 Å². The van der Waals surface area contributed by atoms with Crippen LogP contribution in [0.15, 0.2) is 18.3 Å². The highest BCUT2D eigenvalue weighted by Crippen LogP contribution is 2.18. The fourth-order valence-electron chi connectivity index (χ4n) is 2.14. The van der Waals surface area contributed by atoms with Crippen molar-refractivity contribution in [1.29, 1.82) is 0 Å². The number of amides is 1. The summed E-state index contributed by atoms with van der Waals surface area (Å²) in [5.41, 5.74) is 6.39. The molecule has 2 atom stereocenters. The van der Waals surface area contributed by atoms with Gasteiger partial charge in [0.05, 0.1) is 5.56 Å². The molecule has 0 bridgehead atoms. The molecule has 1 saturated carbocycles. The molecule has 1 fully saturated rings. The molecule has 0 radical (unpaired) electrons. The first-order valence-electron chi connectivity index (χ1n) is 5.85. The summed E-state index contributed by atoms with van der Waals surface area (Å²) in [5.74, 6) is -0.189. The van der Waals surface area contributed by atoms with Crippen molar-refractivity contribution in [3.63, 3.8) is 0 Å². The zero-order chi connectivity index (χ0) is 12.3. The van der Waals surface area contributed by atoms with Gasteiger partial charge in [0.1, 0.15) is 5.15 Å². The molecule has 0 saturated heterocycles. The molecule has 1 aliphatic rings. The summed E-state index contributed by atoms with van der Waals surface area (Å²) in [4.78, 5) is 15.9. The third-order valence-corrected chi connectivity index (χ3v) is 3.44. The van der Waals surface area contributed by atoms with E-state index in [0.29, 0.717) is 5.56 Å². The minimum atomic E-state index is -0.189. The molecule has 0 aromatic carbocycles. The molecule has 1 aromatic heterocycles. The van der Waals surface area contributed by atoms with Gasteiger partial charge in [0.2, 0.25) is 0 Å². The molecule has 92 valence electrons. The quantitative estimate of drug-likeness (QED) is 0.789. The number of hydrogen-bond acceptors (Lipinski definition) is 3. The van der Waals surface area contributed by atoms with Gasteiger partial charge in [-0.2, -0.15) is 0 Å². The van der Waals surface area contributed by atoms with E-state index in [2.05, 4.69) is 10.3 Å². The van der Waals surface area contributed by atoms with E-state index in [1.165, 1.54) is 0 Å². The van der Waals surface area contributed by atoms with Crippen LogP contribution < -0.4 is 11.1 Å². The van der Waals surface area contributed by atoms with Crippen molar-refractivity contribution in [2.45, 2.75) is 37.8 Å². The third kappa shape index (κ3) is 2.96. The maximum absolute atomic E-state index is 12.0. The molecular formula is C12H16ClN3O. The predicted molar refractivity (Wildman–Crippen MR) is 66.9 cm³/mol. The van der Waals surface area contributed by atoms with E-state index < -0.39 is 0 Å². The zero-order valence-electron chi connectivity index (χ0n) is 9.53. The molecule has 1 amide bonds. The Bertz CT molecular complexity index is 410. The summed E-state index contributed by atoms with van der Waals surface area (Å²) in [5, 5.41) is 3.17. The number of aromatic nitrogens is 1. The highest BCUT2D eigenvalue weighted by atomic mass is 35.5. The molecule has 0 spiro atoms. The normalized spacial score (nSPS) is 24.4. The van der Waals surface area contributed by atoms with Crippen molar-refractivity contribution in [2.24, 2.45) is 5.73 Å². The average Bonchev–Trinajstić information content (AvgIpc) is 2.32. The number of halogens is 1. The first-order valence-corrected chi connectivity index (χ1v) is 6.23. The highest BCUT2D eigenvalue weighted by Gasteiger charge is 2.24. The molecular weight excluding hydrogens is 238 g/mol. The van der Waals surface area contributed by atoms with Gasteiger partial charge in [-0.15, -0.1) is 0 Å². The lowest BCUT2D eigenvalue weighted by atomic mass is 9.91. The number of carbonyl (C=O) groups is 1. The lowest BCUT2D eigenvalue weighted by Crippen LogP contribution is -2.49. The number of pyridine rings is 1. The summed E-state index contributed by atoms with van der Waals surface area (Å²) >= 11 is 5.87. The number of hydrogen-bond donors (Lipinski definition) is 2. The van der Waals surface area contributed by atoms with Crippen LogP contribution in [0.25, 0.3) is 0 Å². The van der Waals surface area contributed by atoms with Gasteiger partial charge in [-0.25, -0.2) is 4.98 Å². The van der Waals surface area contributed by atoms with Crippen molar-refractivity contribution in [3.05, 3.63) is 29.0 Å². The first-order chi connectivity index (χ1) is 8.18. The summed E-state index contributed by atoms with van der Waals surface area (Å²) in [6.07, 6.45) is 5.71. The molecule has 1 aromatic rings. The van der Waals surface area contributed by atoms with E-state index in [1.807, 2.05) is 0 Å². The Morgan fingerprint density at radius 3 is 2.94 bits per heavy atom. The number of carbonyl (C=O) groups excluding carboxylic acids is 1. The fourth-order valence-corrected chi connectivity index (χ4v) is 2.35. The Morgan fingerprint density at radius 2 is 2.24 bits per heavy atom. The summed E-state index contributed by atoms with van der Waals surface area (Å²) in [6.45, 7) is 0. The van der Waals surface area contributed by atoms with E-state index in [0.717, 1.165) is 25.7 Å². The molecule has 17 heavy (non-hydrogen) atoms. The largest absolute Gasteiger partial charge is 0.348 e. The minimum absolute atomic E-state index is 0.0446. The van der Waals surface area contributed by atoms with Crippen LogP contribution in [0.3, 0.4) is 0 Å². The van der Waals surface area contributed by atoms with Crippen molar-refractivity contribution in [3.8, 4) is 0 Å². The molecule has 2 rings (SSSR count). The second-order valence-electron chi connectivity index (χ2n) is 4.37. The lowest BCUT2D eigenvalue weighted by molar-refractivity contribution is 0.0921. The van der Waals surface area contributed by atoms with Gasteiger partial charge >= 0.3 is 0 Å². The SMILES string of the molecule is N[C@@H]1CCCC[C@@H]1NC(=O)c1cccnc1Cl. The van der Waals surface area contributed by atoms with Crippen LogP contribution in [0.2, 0.25) is 5.15 Å². The van der Waals surface area contributed by atoms with Crippen molar-refractivity contribution < 1.29 is 4.79 Å². The number of nitrogens with two attached hydrogens (primary N) is 1. The second-order valence-corrected chi connectivity index (χ2v) is 4.73. The maximum atomic E-state index is 12.0. The Labute approximate surface area is 106 Å². The molecule has 4 nitrogen and oxygen atoms in total. The monoisotopic (exact) mass is 253 g/mol. The van der Waals surface area contributed by atoms with E-state index in [4.69, 9.17) is 17.3 Å². The second kappa shape index (κ2) is 5.47. The highest BCUT2D eigenvalue weighted by molar-refractivity contribution is 6.32. The van der Waals surface area contributed by atoms with E-state index in [1.54, 1.807) is 18.3 Å². The van der Waals surface area contributed by atoms with Gasteiger partial charge in [-0.05, 0) is 25.0 Å². The standard InChI is InChI=1S/C12H16ClN3O/c13-11-8(4-3-7-15-11)12(17)16-10-6-2-1-5-9(10)14/h3-4,7,9-10H,1-2,5-6,14H2,(H,16,17)/t9-,10+/m1/s1. The van der Waals surface area contributed by atoms with Crippen LogP contribution in [-0.2, 0) is 0 Å². The molecule has 0 aliphatic heterocycles. The molecule has 1 heterocycles. The van der Waals surface area contributed by atoms with Crippen LogP contribution in [0, 0.1) is 0 Å². The van der Waals surface area contributed by atoms with Gasteiger partial charge in [0.25, 0.3) is 5.91 Å². The Hall–Kier alpha value is -1.13. The molecule has 1 aliphatic carbocycles. The lowest BCUT2D eigenvalue weighted by Gasteiger charge is -2.29. The molecule has 3 N–H and O–H groups in total. The van der Waals surface area contributed by atoms with Crippen LogP contribution in [0.4, 0.5) is 0 Å². The van der Waals surface area contributed by atoms with Crippen molar-refractivity contribution in [2.75, 3.05) is 0 Å². The number of rotatable bonds is 2. The summed E-state index contributed by atoms with van der Waals surface area (Å²) in [6, 6.07) is 3.45. The maximum Gasteiger partial charge on any atom is 0.254 e. The van der Waals surface area contributed by atoms with Crippen LogP contribution >= 0.6 is 11.6 Å². The molecule has 0 unspecified atom stereocenters. The van der Waals surface area contributed by atoms with Crippen molar-refractivity contribution >= 4 is 17.5 Å². The summed E-state index contributed by atoms with van der Waals surface area (Å²) in [7, 11) is 0. The fraction of sp³-hybridized carbons (Fsp3) is 0.500. The topological polar surface area (TPSA) is 68.0 Å². The van der Waals surface area contributed by atoms with E-state index >= 15 is 0 Å². The van der Waals surface area contributed by atoms with Crippen molar-refractivity contribution in [1.82, 2.24) is 10.3 Å². The minimum Gasteiger partial charge on any atom is -0.348 e. The number of nitrogens with one attached hydrogen (secondary N) is 1. The zero-order valence-corrected chi connectivity index (χ0v) is 10.3. The number of nitrogens with zero attached hydrogens (tertiary/aromatic N) is 1. The smallest absolute Gasteiger partial charge is 0.254 e. The Kier molecular flexibility index (Phi) is 3.97. The van der Waals surface area contributed by atoms with Gasteiger partial charge in [-0.1, -0.05) is 24.4 Å². The predicted octanol–water partition coefficient (Wildman–Crippen LogP) is 1.73. The van der Waals surface area contributed by atoms with Gasteiger partial charge in [0.15, 0.2) is 0 Å². The third-order valence-electron chi connectivity index (χ3n) is 3.14. The van der Waals surface area contributed by atoms with Crippen LogP contribution in [-0.4, -0.2) is 23.0 Å². The van der Waals surface area contributed by atoms with E-state index in [-0.39, 0.29) is 23.1 Å². The Balaban J connectivity index is 2.04.